The summed E-state index contributed by atoms with van der Waals surface area (Å²) in [5.41, 5.74) is 2.31. The minimum Gasteiger partial charge on any atom is -0.465 e. The van der Waals surface area contributed by atoms with Crippen molar-refractivity contribution in [2.45, 2.75) is 19.8 Å². The number of nitriles is 1. The molecule has 0 bridgehead atoms. The Balaban J connectivity index is 1.84. The molecule has 1 heterocycles. The van der Waals surface area contributed by atoms with Crippen LogP contribution < -0.4 is 5.32 Å². The van der Waals surface area contributed by atoms with E-state index in [0.29, 0.717) is 27.0 Å². The predicted molar refractivity (Wildman–Crippen MR) is 133 cm³/mol. The van der Waals surface area contributed by atoms with Gasteiger partial charge in [0.25, 0.3) is 0 Å². The maximum atomic E-state index is 12.7. The number of carbonyl (C=O) groups is 3. The van der Waals surface area contributed by atoms with Crippen LogP contribution in [0.1, 0.15) is 35.7 Å². The Hall–Kier alpha value is -3.41. The number of ketones is 1. The summed E-state index contributed by atoms with van der Waals surface area (Å²) in [5.74, 6) is -2.41. The lowest BCUT2D eigenvalue weighted by Gasteiger charge is -2.29. The molecule has 2 aromatic rings. The average molecular weight is 496 g/mol. The highest BCUT2D eigenvalue weighted by atomic mass is 35.5. The maximum absolute atomic E-state index is 12.7. The van der Waals surface area contributed by atoms with Crippen molar-refractivity contribution in [3.05, 3.63) is 76.0 Å². The fourth-order valence-corrected chi connectivity index (χ4v) is 4.84. The van der Waals surface area contributed by atoms with E-state index < -0.39 is 17.8 Å². The average Bonchev–Trinajstić information content (AvgIpc) is 2.82. The number of aliphatic imine (C=N–C) groups is 1. The summed E-state index contributed by atoms with van der Waals surface area (Å²) in [6, 6.07) is 15.8. The van der Waals surface area contributed by atoms with E-state index in [-0.39, 0.29) is 23.0 Å². The molecule has 34 heavy (non-hydrogen) atoms. The van der Waals surface area contributed by atoms with E-state index in [1.54, 1.807) is 55.5 Å². The first-order valence-corrected chi connectivity index (χ1v) is 11.7. The van der Waals surface area contributed by atoms with Gasteiger partial charge in [0, 0.05) is 22.2 Å². The highest BCUT2D eigenvalue weighted by Gasteiger charge is 2.37. The third-order valence-corrected chi connectivity index (χ3v) is 6.58. The van der Waals surface area contributed by atoms with Crippen LogP contribution in [0.3, 0.4) is 0 Å². The highest BCUT2D eigenvalue weighted by molar-refractivity contribution is 8.14. The Bertz CT molecular complexity index is 1230. The van der Waals surface area contributed by atoms with E-state index in [9.17, 15) is 19.6 Å². The predicted octanol–water partition coefficient (Wildman–Crippen LogP) is 5.00. The Kier molecular flexibility index (Phi) is 8.26. The third-order valence-electron chi connectivity index (χ3n) is 5.28. The molecule has 0 spiro atoms. The van der Waals surface area contributed by atoms with Gasteiger partial charge in [0.15, 0.2) is 5.78 Å². The van der Waals surface area contributed by atoms with Crippen LogP contribution in [0.2, 0.25) is 5.02 Å². The molecule has 0 fully saturated rings. The lowest BCUT2D eigenvalue weighted by Crippen LogP contribution is -2.29. The van der Waals surface area contributed by atoms with E-state index in [2.05, 4.69) is 16.4 Å². The summed E-state index contributed by atoms with van der Waals surface area (Å²) in [7, 11) is 1.27. The lowest BCUT2D eigenvalue weighted by molar-refractivity contribution is -0.114. The first-order chi connectivity index (χ1) is 16.3. The van der Waals surface area contributed by atoms with Gasteiger partial charge in [-0.1, -0.05) is 47.6 Å². The number of Topliss-reactive ketones (excluding diaryl/α,β-unsaturated/α-hetero) is 1. The van der Waals surface area contributed by atoms with Crippen LogP contribution in [0.4, 0.5) is 5.69 Å². The molecule has 1 unspecified atom stereocenters. The zero-order chi connectivity index (χ0) is 24.8. The minimum atomic E-state index is -0.746. The van der Waals surface area contributed by atoms with Gasteiger partial charge in [-0.05, 0) is 43.7 Å². The van der Waals surface area contributed by atoms with Gasteiger partial charge in [-0.15, -0.1) is 0 Å². The van der Waals surface area contributed by atoms with Gasteiger partial charge in [0.1, 0.15) is 5.92 Å². The quantitative estimate of drug-likeness (QED) is 0.565. The number of amides is 1. The molecule has 1 N–H and O–H groups in total. The fraction of sp³-hybridized carbons (Fsp3) is 0.240. The van der Waals surface area contributed by atoms with Crippen LogP contribution in [0, 0.1) is 17.2 Å². The van der Waals surface area contributed by atoms with Crippen LogP contribution in [-0.2, 0) is 14.3 Å². The number of nitrogens with one attached hydrogen (secondary N) is 1. The Morgan fingerprint density at radius 2 is 1.85 bits per heavy atom. The number of esters is 1. The van der Waals surface area contributed by atoms with Crippen molar-refractivity contribution in [1.29, 1.82) is 5.26 Å². The van der Waals surface area contributed by atoms with Gasteiger partial charge < -0.3 is 10.1 Å². The Morgan fingerprint density at radius 1 is 1.18 bits per heavy atom. The SMILES string of the molecule is COC(=O)c1ccccc1NC(=O)CSC1=NC(C)=C(C(C)=O)[C@H](c2ccc(Cl)cc2)C1C#N. The molecule has 0 radical (unpaired) electrons. The summed E-state index contributed by atoms with van der Waals surface area (Å²) in [6.07, 6.45) is 0. The molecule has 1 aliphatic rings. The molecule has 0 aliphatic carbocycles. The third kappa shape index (κ3) is 5.56. The number of nitrogens with zero attached hydrogens (tertiary/aromatic N) is 2. The van der Waals surface area contributed by atoms with Crippen LogP contribution >= 0.6 is 23.4 Å². The number of allylic oxidation sites excluding steroid dienone is 2. The Morgan fingerprint density at radius 3 is 2.47 bits per heavy atom. The summed E-state index contributed by atoms with van der Waals surface area (Å²) in [5, 5.41) is 13.7. The molecule has 174 valence electrons. The molecule has 0 saturated heterocycles. The number of thioether (sulfide) groups is 1. The van der Waals surface area contributed by atoms with Gasteiger partial charge in [0.05, 0.1) is 35.2 Å². The molecule has 2 aromatic carbocycles. The second kappa shape index (κ2) is 11.1. The number of ether oxygens (including phenoxy) is 1. The van der Waals surface area contributed by atoms with Crippen molar-refractivity contribution >= 4 is 51.8 Å². The molecule has 1 amide bonds. The smallest absolute Gasteiger partial charge is 0.339 e. The number of carbonyl (C=O) groups excluding carboxylic acids is 3. The zero-order valence-electron chi connectivity index (χ0n) is 18.8. The van der Waals surface area contributed by atoms with Crippen molar-refractivity contribution in [3.8, 4) is 6.07 Å². The van der Waals surface area contributed by atoms with Gasteiger partial charge in [-0.2, -0.15) is 5.26 Å². The number of hydrogen-bond acceptors (Lipinski definition) is 7. The molecular formula is C25H22ClN3O4S. The molecule has 9 heteroatoms. The van der Waals surface area contributed by atoms with Crippen LogP contribution in [0.15, 0.2) is 64.8 Å². The van der Waals surface area contributed by atoms with E-state index in [1.165, 1.54) is 14.0 Å². The van der Waals surface area contributed by atoms with Gasteiger partial charge in [0.2, 0.25) is 5.91 Å². The number of rotatable bonds is 6. The van der Waals surface area contributed by atoms with Crippen LogP contribution in [-0.4, -0.2) is 35.6 Å². The van der Waals surface area contributed by atoms with Crippen LogP contribution in [0.25, 0.3) is 0 Å². The van der Waals surface area contributed by atoms with Crippen molar-refractivity contribution in [3.63, 3.8) is 0 Å². The Labute approximate surface area is 206 Å². The van der Waals surface area contributed by atoms with Gasteiger partial charge >= 0.3 is 5.97 Å². The van der Waals surface area contributed by atoms with Crippen molar-refractivity contribution in [2.75, 3.05) is 18.2 Å². The lowest BCUT2D eigenvalue weighted by atomic mass is 9.78. The molecule has 1 aliphatic heterocycles. The molecule has 0 aromatic heterocycles. The standard InChI is InChI=1S/C25H22ClN3O4S/c1-14-22(15(2)30)23(16-8-10-17(26)11-9-16)19(12-27)24(28-14)34-13-21(31)29-20-7-5-4-6-18(20)25(32)33-3/h4-11,19,23H,13H2,1-3H3,(H,29,31)/t19?,23-/m1/s1. The molecule has 7 nitrogen and oxygen atoms in total. The minimum absolute atomic E-state index is 0.0391. The summed E-state index contributed by atoms with van der Waals surface area (Å²) >= 11 is 7.15. The molecular weight excluding hydrogens is 474 g/mol. The topological polar surface area (TPSA) is 109 Å². The second-order valence-corrected chi connectivity index (χ2v) is 8.95. The number of halogens is 1. The van der Waals surface area contributed by atoms with E-state index in [4.69, 9.17) is 16.3 Å². The van der Waals surface area contributed by atoms with Gasteiger partial charge in [-0.25, -0.2) is 9.79 Å². The van der Waals surface area contributed by atoms with E-state index >= 15 is 0 Å². The molecule has 3 rings (SSSR count). The fourth-order valence-electron chi connectivity index (χ4n) is 3.79. The first kappa shape index (κ1) is 25.2. The molecule has 2 atom stereocenters. The van der Waals surface area contributed by atoms with E-state index in [0.717, 1.165) is 17.3 Å². The maximum Gasteiger partial charge on any atom is 0.339 e. The zero-order valence-corrected chi connectivity index (χ0v) is 20.4. The number of anilines is 1. The summed E-state index contributed by atoms with van der Waals surface area (Å²) in [6.45, 7) is 3.18. The number of hydrogen-bond donors (Lipinski definition) is 1. The highest BCUT2D eigenvalue weighted by Crippen LogP contribution is 2.41. The number of methoxy groups -OCH3 is 1. The van der Waals surface area contributed by atoms with Crippen molar-refractivity contribution in [1.82, 2.24) is 0 Å². The summed E-state index contributed by atoms with van der Waals surface area (Å²) in [4.78, 5) is 41.5. The van der Waals surface area contributed by atoms with Crippen molar-refractivity contribution < 1.29 is 19.1 Å². The monoisotopic (exact) mass is 495 g/mol. The largest absolute Gasteiger partial charge is 0.465 e. The second-order valence-electron chi connectivity index (χ2n) is 7.52. The molecule has 0 saturated carbocycles. The number of benzene rings is 2. The van der Waals surface area contributed by atoms with Crippen molar-refractivity contribution in [2.24, 2.45) is 10.9 Å². The summed E-state index contributed by atoms with van der Waals surface area (Å²) < 4.78 is 4.75. The van der Waals surface area contributed by atoms with Crippen LogP contribution in [0.5, 0.6) is 0 Å². The van der Waals surface area contributed by atoms with Gasteiger partial charge in [-0.3, -0.25) is 9.59 Å². The first-order valence-electron chi connectivity index (χ1n) is 10.3. The van der Waals surface area contributed by atoms with E-state index in [1.807, 2.05) is 0 Å². The normalized spacial score (nSPS) is 17.4. The number of para-hydroxylation sites is 1.